The van der Waals surface area contributed by atoms with Gasteiger partial charge in [-0.2, -0.15) is 0 Å². The summed E-state index contributed by atoms with van der Waals surface area (Å²) in [6.07, 6.45) is 0.607. The number of fused-ring (bicyclic) bond motifs is 1. The van der Waals surface area contributed by atoms with Gasteiger partial charge in [0, 0.05) is 19.0 Å². The first-order valence-corrected chi connectivity index (χ1v) is 9.54. The monoisotopic (exact) mass is 398 g/mol. The lowest BCUT2D eigenvalue weighted by Gasteiger charge is -2.11. The third-order valence-electron chi connectivity index (χ3n) is 4.95. The van der Waals surface area contributed by atoms with Crippen LogP contribution in [0.5, 0.6) is 0 Å². The predicted molar refractivity (Wildman–Crippen MR) is 116 cm³/mol. The molecule has 5 heteroatoms. The summed E-state index contributed by atoms with van der Waals surface area (Å²) in [7, 11) is 1.62. The molecule has 30 heavy (non-hydrogen) atoms. The number of benzene rings is 3. The molecular weight excluding hydrogens is 379 g/mol. The molecule has 1 aromatic heterocycles. The summed E-state index contributed by atoms with van der Waals surface area (Å²) in [5.41, 5.74) is 2.04. The van der Waals surface area contributed by atoms with E-state index in [4.69, 9.17) is 0 Å². The first kappa shape index (κ1) is 19.4. The fourth-order valence-electron chi connectivity index (χ4n) is 3.40. The van der Waals surface area contributed by atoms with E-state index in [2.05, 4.69) is 11.8 Å². The fourth-order valence-corrected chi connectivity index (χ4v) is 3.40. The standard InChI is InChI=1S/C25H19FN2O2/c1-27-23-14-13-19(10-5-9-18-7-3-2-4-8-18)16-22(23)24(29)28(25(27)30)17-20-11-6-12-21(26)15-20/h2-4,6-8,11-16H,9,17H2,1H3. The highest BCUT2D eigenvalue weighted by Gasteiger charge is 2.12. The van der Waals surface area contributed by atoms with Gasteiger partial charge in [0.05, 0.1) is 17.4 Å². The molecule has 0 fully saturated rings. The van der Waals surface area contributed by atoms with Crippen LogP contribution in [0.2, 0.25) is 0 Å². The van der Waals surface area contributed by atoms with Crippen molar-refractivity contribution in [3.05, 3.63) is 116 Å². The van der Waals surface area contributed by atoms with Gasteiger partial charge in [-0.1, -0.05) is 54.3 Å². The van der Waals surface area contributed by atoms with E-state index in [1.54, 1.807) is 37.4 Å². The van der Waals surface area contributed by atoms with Gasteiger partial charge in [-0.25, -0.2) is 9.18 Å². The first-order chi connectivity index (χ1) is 14.5. The SMILES string of the molecule is Cn1c(=O)n(Cc2cccc(F)c2)c(=O)c2cc(C#CCc3ccccc3)ccc21. The van der Waals surface area contributed by atoms with E-state index in [0.29, 0.717) is 28.5 Å². The zero-order chi connectivity index (χ0) is 21.1. The molecule has 0 spiro atoms. The van der Waals surface area contributed by atoms with Crippen molar-refractivity contribution in [3.63, 3.8) is 0 Å². The molecule has 0 saturated heterocycles. The van der Waals surface area contributed by atoms with Gasteiger partial charge in [0.25, 0.3) is 5.56 Å². The van der Waals surface area contributed by atoms with Gasteiger partial charge in [0.2, 0.25) is 0 Å². The zero-order valence-electron chi connectivity index (χ0n) is 16.4. The van der Waals surface area contributed by atoms with Crippen molar-refractivity contribution in [2.45, 2.75) is 13.0 Å². The Morgan fingerprint density at radius 1 is 0.900 bits per heavy atom. The van der Waals surface area contributed by atoms with E-state index in [1.165, 1.54) is 16.7 Å². The smallest absolute Gasteiger partial charge is 0.296 e. The van der Waals surface area contributed by atoms with Crippen molar-refractivity contribution in [3.8, 4) is 11.8 Å². The number of halogens is 1. The molecule has 4 aromatic rings. The van der Waals surface area contributed by atoms with E-state index in [0.717, 1.165) is 10.1 Å². The van der Waals surface area contributed by atoms with Gasteiger partial charge < -0.3 is 0 Å². The molecule has 0 N–H and O–H groups in total. The average Bonchev–Trinajstić information content (AvgIpc) is 2.76. The molecule has 4 nitrogen and oxygen atoms in total. The predicted octanol–water partition coefficient (Wildman–Crippen LogP) is 3.48. The highest BCUT2D eigenvalue weighted by atomic mass is 19.1. The lowest BCUT2D eigenvalue weighted by atomic mass is 10.1. The molecule has 0 unspecified atom stereocenters. The Kier molecular flexibility index (Phi) is 5.32. The fraction of sp³-hybridized carbons (Fsp3) is 0.120. The van der Waals surface area contributed by atoms with Crippen molar-refractivity contribution in [1.29, 1.82) is 0 Å². The van der Waals surface area contributed by atoms with Crippen LogP contribution in [0.3, 0.4) is 0 Å². The normalized spacial score (nSPS) is 10.6. The second-order valence-corrected chi connectivity index (χ2v) is 7.06. The molecule has 0 amide bonds. The van der Waals surface area contributed by atoms with Gasteiger partial charge in [-0.3, -0.25) is 13.9 Å². The number of rotatable bonds is 3. The Balaban J connectivity index is 1.74. The Bertz CT molecular complexity index is 1410. The van der Waals surface area contributed by atoms with Crippen LogP contribution in [0.15, 0.2) is 82.4 Å². The third-order valence-corrected chi connectivity index (χ3v) is 4.95. The van der Waals surface area contributed by atoms with Crippen molar-refractivity contribution in [2.24, 2.45) is 7.05 Å². The maximum atomic E-state index is 13.5. The number of aryl methyl sites for hydroxylation is 1. The summed E-state index contributed by atoms with van der Waals surface area (Å²) >= 11 is 0. The minimum atomic E-state index is -0.445. The Hall–Kier alpha value is -3.91. The van der Waals surface area contributed by atoms with Gasteiger partial charge in [0.1, 0.15) is 5.82 Å². The lowest BCUT2D eigenvalue weighted by Crippen LogP contribution is -2.39. The van der Waals surface area contributed by atoms with E-state index in [1.807, 2.05) is 30.3 Å². The summed E-state index contributed by atoms with van der Waals surface area (Å²) in [5.74, 6) is 5.80. The minimum Gasteiger partial charge on any atom is -0.296 e. The van der Waals surface area contributed by atoms with Crippen molar-refractivity contribution in [2.75, 3.05) is 0 Å². The number of aromatic nitrogens is 2. The Labute approximate surface area is 172 Å². The van der Waals surface area contributed by atoms with Crippen LogP contribution >= 0.6 is 0 Å². The van der Waals surface area contributed by atoms with Crippen LogP contribution in [0.25, 0.3) is 10.9 Å². The molecule has 0 saturated carbocycles. The van der Waals surface area contributed by atoms with Crippen LogP contribution in [0, 0.1) is 17.7 Å². The molecule has 3 aromatic carbocycles. The van der Waals surface area contributed by atoms with Crippen LogP contribution in [0.4, 0.5) is 4.39 Å². The lowest BCUT2D eigenvalue weighted by molar-refractivity contribution is 0.617. The summed E-state index contributed by atoms with van der Waals surface area (Å²) in [5, 5.41) is 0.403. The topological polar surface area (TPSA) is 44.0 Å². The van der Waals surface area contributed by atoms with E-state index < -0.39 is 17.1 Å². The second-order valence-electron chi connectivity index (χ2n) is 7.06. The maximum absolute atomic E-state index is 13.5. The number of hydrogen-bond acceptors (Lipinski definition) is 2. The summed E-state index contributed by atoms with van der Waals surface area (Å²) in [6, 6.07) is 21.0. The Morgan fingerprint density at radius 2 is 1.67 bits per heavy atom. The van der Waals surface area contributed by atoms with Crippen molar-refractivity contribution in [1.82, 2.24) is 9.13 Å². The highest BCUT2D eigenvalue weighted by Crippen LogP contribution is 2.11. The Morgan fingerprint density at radius 3 is 2.43 bits per heavy atom. The van der Waals surface area contributed by atoms with E-state index in [9.17, 15) is 14.0 Å². The van der Waals surface area contributed by atoms with Crippen molar-refractivity contribution >= 4 is 10.9 Å². The van der Waals surface area contributed by atoms with Gasteiger partial charge in [-0.05, 0) is 41.5 Å². The molecule has 0 aliphatic heterocycles. The highest BCUT2D eigenvalue weighted by molar-refractivity contribution is 5.79. The molecule has 0 atom stereocenters. The van der Waals surface area contributed by atoms with Gasteiger partial charge in [-0.15, -0.1) is 0 Å². The third kappa shape index (κ3) is 3.94. The maximum Gasteiger partial charge on any atom is 0.331 e. The quantitative estimate of drug-likeness (QED) is 0.496. The van der Waals surface area contributed by atoms with Crippen LogP contribution in [-0.2, 0) is 20.0 Å². The molecule has 1 heterocycles. The number of hydrogen-bond donors (Lipinski definition) is 0. The second kappa shape index (κ2) is 8.22. The number of nitrogens with zero attached hydrogens (tertiary/aromatic N) is 2. The van der Waals surface area contributed by atoms with Crippen molar-refractivity contribution < 1.29 is 4.39 Å². The largest absolute Gasteiger partial charge is 0.331 e. The molecule has 148 valence electrons. The summed E-state index contributed by atoms with van der Waals surface area (Å²) < 4.78 is 16.1. The minimum absolute atomic E-state index is 0.00310. The van der Waals surface area contributed by atoms with E-state index >= 15 is 0 Å². The molecule has 0 bridgehead atoms. The molecule has 0 aliphatic carbocycles. The molecule has 0 radical (unpaired) electrons. The summed E-state index contributed by atoms with van der Waals surface area (Å²) in [4.78, 5) is 25.8. The van der Waals surface area contributed by atoms with Crippen LogP contribution < -0.4 is 11.2 Å². The van der Waals surface area contributed by atoms with Gasteiger partial charge in [0.15, 0.2) is 0 Å². The van der Waals surface area contributed by atoms with E-state index in [-0.39, 0.29) is 6.54 Å². The summed E-state index contributed by atoms with van der Waals surface area (Å²) in [6.45, 7) is 0.00310. The average molecular weight is 398 g/mol. The van der Waals surface area contributed by atoms with Crippen LogP contribution in [-0.4, -0.2) is 9.13 Å². The molecule has 0 aliphatic rings. The first-order valence-electron chi connectivity index (χ1n) is 9.54. The molecular formula is C25H19FN2O2. The zero-order valence-corrected chi connectivity index (χ0v) is 16.4. The van der Waals surface area contributed by atoms with Gasteiger partial charge >= 0.3 is 5.69 Å². The molecule has 4 rings (SSSR count). The van der Waals surface area contributed by atoms with Crippen LogP contribution in [0.1, 0.15) is 16.7 Å².